The van der Waals surface area contributed by atoms with Crippen LogP contribution >= 0.6 is 0 Å². The minimum absolute atomic E-state index is 0.0325. The normalized spacial score (nSPS) is 21.7. The first-order valence-electron chi connectivity index (χ1n) is 11.6. The number of hydrogen-bond acceptors (Lipinski definition) is 5. The zero-order valence-electron chi connectivity index (χ0n) is 18.5. The van der Waals surface area contributed by atoms with Gasteiger partial charge in [0.2, 0.25) is 11.8 Å². The molecule has 0 aliphatic heterocycles. The van der Waals surface area contributed by atoms with E-state index in [-0.39, 0.29) is 24.1 Å². The van der Waals surface area contributed by atoms with Crippen molar-refractivity contribution in [3.8, 4) is 11.8 Å². The number of aromatic nitrogens is 2. The standard InChI is InChI=1S/C25H31FN2O4/c1-2-31-24-12-21(22(26)14-28-24)18-5-3-16(4-6-18)15-32-23-11-19(9-10-27-23)20(13-25(29)30)17-7-8-17/h9-12,14,16-18,20H,2-8,13,15H2,1H3,(H,29,30)/t16?,18?,20-/m0/s1. The van der Waals surface area contributed by atoms with Crippen molar-refractivity contribution in [3.63, 3.8) is 0 Å². The Kier molecular flexibility index (Phi) is 7.22. The highest BCUT2D eigenvalue weighted by molar-refractivity contribution is 5.68. The summed E-state index contributed by atoms with van der Waals surface area (Å²) in [5.41, 5.74) is 1.70. The lowest BCUT2D eigenvalue weighted by Gasteiger charge is -2.29. The summed E-state index contributed by atoms with van der Waals surface area (Å²) in [7, 11) is 0. The summed E-state index contributed by atoms with van der Waals surface area (Å²) in [5.74, 6) is 1.06. The number of pyridine rings is 2. The molecule has 2 aromatic heterocycles. The number of ether oxygens (including phenoxy) is 2. The summed E-state index contributed by atoms with van der Waals surface area (Å²) >= 11 is 0. The van der Waals surface area contributed by atoms with Crippen molar-refractivity contribution in [2.45, 2.75) is 63.7 Å². The van der Waals surface area contributed by atoms with Gasteiger partial charge in [0.25, 0.3) is 0 Å². The third-order valence-electron chi connectivity index (χ3n) is 6.68. The molecule has 0 amide bonds. The largest absolute Gasteiger partial charge is 0.481 e. The second-order valence-electron chi connectivity index (χ2n) is 8.97. The van der Waals surface area contributed by atoms with E-state index in [1.54, 1.807) is 12.3 Å². The Balaban J connectivity index is 1.31. The first-order valence-corrected chi connectivity index (χ1v) is 11.6. The molecule has 0 spiro atoms. The molecule has 2 saturated carbocycles. The van der Waals surface area contributed by atoms with Crippen LogP contribution in [0.4, 0.5) is 4.39 Å². The van der Waals surface area contributed by atoms with Gasteiger partial charge in [-0.3, -0.25) is 4.79 Å². The molecule has 0 radical (unpaired) electrons. The summed E-state index contributed by atoms with van der Waals surface area (Å²) in [6, 6.07) is 5.55. The molecule has 0 saturated heterocycles. The van der Waals surface area contributed by atoms with Gasteiger partial charge in [-0.2, -0.15) is 0 Å². The van der Waals surface area contributed by atoms with E-state index in [2.05, 4.69) is 9.97 Å². The summed E-state index contributed by atoms with van der Waals surface area (Å²) in [6.45, 7) is 2.97. The Morgan fingerprint density at radius 1 is 1.12 bits per heavy atom. The molecule has 2 heterocycles. The first kappa shape index (κ1) is 22.5. The minimum Gasteiger partial charge on any atom is -0.481 e. The van der Waals surface area contributed by atoms with Crippen molar-refractivity contribution >= 4 is 5.97 Å². The van der Waals surface area contributed by atoms with E-state index in [0.717, 1.165) is 44.1 Å². The van der Waals surface area contributed by atoms with Crippen LogP contribution in [0.3, 0.4) is 0 Å². The van der Waals surface area contributed by atoms with Gasteiger partial charge in [0.15, 0.2) is 0 Å². The first-order chi connectivity index (χ1) is 15.5. The Labute approximate surface area is 188 Å². The molecule has 0 aromatic carbocycles. The van der Waals surface area contributed by atoms with Crippen LogP contribution < -0.4 is 9.47 Å². The average molecular weight is 443 g/mol. The molecular weight excluding hydrogens is 411 g/mol. The maximum Gasteiger partial charge on any atom is 0.303 e. The molecule has 4 rings (SSSR count). The zero-order chi connectivity index (χ0) is 22.5. The molecule has 6 nitrogen and oxygen atoms in total. The molecule has 172 valence electrons. The Morgan fingerprint density at radius 3 is 2.56 bits per heavy atom. The fourth-order valence-corrected chi connectivity index (χ4v) is 4.79. The van der Waals surface area contributed by atoms with E-state index in [0.29, 0.717) is 42.4 Å². The van der Waals surface area contributed by atoms with Crippen LogP contribution in [0.2, 0.25) is 0 Å². The molecule has 7 heteroatoms. The van der Waals surface area contributed by atoms with Crippen molar-refractivity contribution in [3.05, 3.63) is 47.5 Å². The molecule has 1 atom stereocenters. The predicted octanol–water partition coefficient (Wildman–Crippen LogP) is 5.34. The van der Waals surface area contributed by atoms with E-state index in [9.17, 15) is 14.3 Å². The van der Waals surface area contributed by atoms with Gasteiger partial charge < -0.3 is 14.6 Å². The van der Waals surface area contributed by atoms with Crippen molar-refractivity contribution < 1.29 is 23.8 Å². The highest BCUT2D eigenvalue weighted by Crippen LogP contribution is 2.45. The lowest BCUT2D eigenvalue weighted by Crippen LogP contribution is -2.20. The summed E-state index contributed by atoms with van der Waals surface area (Å²) in [4.78, 5) is 19.6. The number of aliphatic carboxylic acids is 1. The van der Waals surface area contributed by atoms with Gasteiger partial charge in [0, 0.05) is 18.3 Å². The van der Waals surface area contributed by atoms with Gasteiger partial charge in [-0.15, -0.1) is 0 Å². The molecule has 0 bridgehead atoms. The van der Waals surface area contributed by atoms with E-state index in [1.165, 1.54) is 6.20 Å². The topological polar surface area (TPSA) is 81.5 Å². The van der Waals surface area contributed by atoms with Crippen LogP contribution in [-0.4, -0.2) is 34.3 Å². The van der Waals surface area contributed by atoms with Crippen LogP contribution in [0.25, 0.3) is 0 Å². The minimum atomic E-state index is -0.767. The van der Waals surface area contributed by atoms with Crippen molar-refractivity contribution in [2.24, 2.45) is 11.8 Å². The number of carboxylic acid groups (broad SMARTS) is 1. The van der Waals surface area contributed by atoms with Crippen LogP contribution in [0.15, 0.2) is 30.6 Å². The molecule has 2 fully saturated rings. The summed E-state index contributed by atoms with van der Waals surface area (Å²) < 4.78 is 25.7. The second-order valence-corrected chi connectivity index (χ2v) is 8.97. The van der Waals surface area contributed by atoms with Crippen LogP contribution in [-0.2, 0) is 4.79 Å². The fraction of sp³-hybridized carbons (Fsp3) is 0.560. The maximum absolute atomic E-state index is 14.3. The van der Waals surface area contributed by atoms with Gasteiger partial charge in [-0.05, 0) is 86.3 Å². The highest BCUT2D eigenvalue weighted by Gasteiger charge is 2.34. The third kappa shape index (κ3) is 5.75. The molecule has 2 aliphatic rings. The maximum atomic E-state index is 14.3. The van der Waals surface area contributed by atoms with Crippen molar-refractivity contribution in [1.82, 2.24) is 9.97 Å². The number of halogens is 1. The summed E-state index contributed by atoms with van der Waals surface area (Å²) in [6.07, 6.45) is 9.00. The number of carboxylic acids is 1. The quantitative estimate of drug-likeness (QED) is 0.535. The average Bonchev–Trinajstić information content (AvgIpc) is 3.63. The SMILES string of the molecule is CCOc1cc(C2CCC(COc3cc([C@@H](CC(=O)O)C4CC4)ccn3)CC2)c(F)cn1. The summed E-state index contributed by atoms with van der Waals surface area (Å²) in [5, 5.41) is 9.25. The molecule has 32 heavy (non-hydrogen) atoms. The molecular formula is C25H31FN2O4. The monoisotopic (exact) mass is 442 g/mol. The predicted molar refractivity (Wildman–Crippen MR) is 118 cm³/mol. The molecule has 2 aliphatic carbocycles. The highest BCUT2D eigenvalue weighted by atomic mass is 19.1. The van der Waals surface area contributed by atoms with E-state index < -0.39 is 5.97 Å². The second kappa shape index (κ2) is 10.3. The van der Waals surface area contributed by atoms with Crippen LogP contribution in [0, 0.1) is 17.7 Å². The molecule has 1 N–H and O–H groups in total. The van der Waals surface area contributed by atoms with Gasteiger partial charge in [-0.1, -0.05) is 0 Å². The number of rotatable bonds is 10. The van der Waals surface area contributed by atoms with Gasteiger partial charge in [0.05, 0.1) is 25.8 Å². The zero-order valence-corrected chi connectivity index (χ0v) is 18.5. The fourth-order valence-electron chi connectivity index (χ4n) is 4.79. The van der Waals surface area contributed by atoms with E-state index in [1.807, 2.05) is 19.1 Å². The number of nitrogens with zero attached hydrogens (tertiary/aromatic N) is 2. The smallest absolute Gasteiger partial charge is 0.303 e. The molecule has 2 aromatic rings. The van der Waals surface area contributed by atoms with Crippen LogP contribution in [0.5, 0.6) is 11.8 Å². The van der Waals surface area contributed by atoms with Crippen molar-refractivity contribution in [1.29, 1.82) is 0 Å². The van der Waals surface area contributed by atoms with E-state index >= 15 is 0 Å². The van der Waals surface area contributed by atoms with E-state index in [4.69, 9.17) is 9.47 Å². The number of carbonyl (C=O) groups is 1. The third-order valence-corrected chi connectivity index (χ3v) is 6.68. The van der Waals surface area contributed by atoms with Gasteiger partial charge in [-0.25, -0.2) is 14.4 Å². The Morgan fingerprint density at radius 2 is 1.88 bits per heavy atom. The van der Waals surface area contributed by atoms with Crippen LogP contribution in [0.1, 0.15) is 74.8 Å². The van der Waals surface area contributed by atoms with Gasteiger partial charge >= 0.3 is 5.97 Å². The number of hydrogen-bond donors (Lipinski definition) is 1. The molecule has 0 unspecified atom stereocenters. The Bertz CT molecular complexity index is 926. The van der Waals surface area contributed by atoms with Gasteiger partial charge in [0.1, 0.15) is 5.82 Å². The lowest BCUT2D eigenvalue weighted by molar-refractivity contribution is -0.137. The Hall–Kier alpha value is -2.70. The van der Waals surface area contributed by atoms with Crippen molar-refractivity contribution in [2.75, 3.05) is 13.2 Å². The lowest BCUT2D eigenvalue weighted by atomic mass is 9.79.